The minimum Gasteiger partial charge on any atom is -0.341 e. The molecule has 1 aromatic heterocycles. The second-order valence-corrected chi connectivity index (χ2v) is 6.55. The van der Waals surface area contributed by atoms with Gasteiger partial charge >= 0.3 is 0 Å². The summed E-state index contributed by atoms with van der Waals surface area (Å²) in [5.74, 6) is -0.0105. The molecular formula is C19H17Cl2N3O. The lowest BCUT2D eigenvalue weighted by atomic mass is 10.2. The zero-order valence-corrected chi connectivity index (χ0v) is 15.2. The van der Waals surface area contributed by atoms with E-state index in [1.165, 1.54) is 0 Å². The van der Waals surface area contributed by atoms with Gasteiger partial charge in [0.1, 0.15) is 0 Å². The van der Waals surface area contributed by atoms with Crippen LogP contribution in [0.15, 0.2) is 60.9 Å². The lowest BCUT2D eigenvalue weighted by Crippen LogP contribution is -2.27. The standard InChI is InChI=1S/C19H17Cl2N3O/c1-23(13-15-6-5-9-17(20)19(15)21)18(25)10-14-11-22-24(12-14)16-7-3-2-4-8-16/h2-9,11-12H,10,13H2,1H3. The average Bonchev–Trinajstić information content (AvgIpc) is 3.08. The number of benzene rings is 2. The maximum absolute atomic E-state index is 12.5. The van der Waals surface area contributed by atoms with Crippen molar-refractivity contribution in [2.24, 2.45) is 0 Å². The molecule has 0 spiro atoms. The van der Waals surface area contributed by atoms with E-state index >= 15 is 0 Å². The van der Waals surface area contributed by atoms with E-state index in [-0.39, 0.29) is 12.3 Å². The van der Waals surface area contributed by atoms with Crippen LogP contribution in [0.3, 0.4) is 0 Å². The minimum atomic E-state index is -0.0105. The fourth-order valence-corrected chi connectivity index (χ4v) is 2.88. The van der Waals surface area contributed by atoms with Crippen molar-refractivity contribution in [1.82, 2.24) is 14.7 Å². The van der Waals surface area contributed by atoms with Gasteiger partial charge in [0.05, 0.1) is 28.4 Å². The first-order valence-electron chi connectivity index (χ1n) is 7.80. The normalized spacial score (nSPS) is 10.7. The summed E-state index contributed by atoms with van der Waals surface area (Å²) in [7, 11) is 1.75. The highest BCUT2D eigenvalue weighted by Crippen LogP contribution is 2.26. The zero-order valence-electron chi connectivity index (χ0n) is 13.7. The summed E-state index contributed by atoms with van der Waals surface area (Å²) >= 11 is 12.2. The molecule has 1 heterocycles. The van der Waals surface area contributed by atoms with Crippen LogP contribution in [-0.2, 0) is 17.8 Å². The average molecular weight is 374 g/mol. The number of hydrogen-bond acceptors (Lipinski definition) is 2. The van der Waals surface area contributed by atoms with Crippen molar-refractivity contribution >= 4 is 29.1 Å². The molecule has 0 bridgehead atoms. The number of rotatable bonds is 5. The molecule has 0 saturated carbocycles. The lowest BCUT2D eigenvalue weighted by Gasteiger charge is -2.18. The molecule has 128 valence electrons. The summed E-state index contributed by atoms with van der Waals surface area (Å²) in [6.45, 7) is 0.408. The third-order valence-corrected chi connectivity index (χ3v) is 4.74. The van der Waals surface area contributed by atoms with Gasteiger partial charge in [-0.2, -0.15) is 5.10 Å². The molecule has 0 N–H and O–H groups in total. The second-order valence-electron chi connectivity index (χ2n) is 5.77. The van der Waals surface area contributed by atoms with Gasteiger partial charge in [0.25, 0.3) is 0 Å². The highest BCUT2D eigenvalue weighted by Gasteiger charge is 2.14. The predicted molar refractivity (Wildman–Crippen MR) is 100 cm³/mol. The Balaban J connectivity index is 1.66. The number of para-hydroxylation sites is 1. The number of hydrogen-bond donors (Lipinski definition) is 0. The van der Waals surface area contributed by atoms with E-state index in [1.54, 1.807) is 28.9 Å². The van der Waals surface area contributed by atoms with Crippen LogP contribution in [0.5, 0.6) is 0 Å². The summed E-state index contributed by atoms with van der Waals surface area (Å²) in [5, 5.41) is 5.29. The fraction of sp³-hybridized carbons (Fsp3) is 0.158. The maximum atomic E-state index is 12.5. The number of carbonyl (C=O) groups is 1. The maximum Gasteiger partial charge on any atom is 0.227 e. The van der Waals surface area contributed by atoms with Crippen molar-refractivity contribution in [2.75, 3.05) is 7.05 Å². The third-order valence-electron chi connectivity index (χ3n) is 3.88. The molecule has 3 rings (SSSR count). The van der Waals surface area contributed by atoms with Crippen molar-refractivity contribution in [3.63, 3.8) is 0 Å². The highest BCUT2D eigenvalue weighted by atomic mass is 35.5. The Labute approximate surface area is 156 Å². The Morgan fingerprint density at radius 3 is 2.64 bits per heavy atom. The van der Waals surface area contributed by atoms with Gasteiger partial charge in [-0.05, 0) is 29.3 Å². The van der Waals surface area contributed by atoms with E-state index in [0.29, 0.717) is 16.6 Å². The minimum absolute atomic E-state index is 0.0105. The number of amides is 1. The summed E-state index contributed by atoms with van der Waals surface area (Å²) in [6, 6.07) is 15.2. The molecule has 1 amide bonds. The second kappa shape index (κ2) is 7.72. The lowest BCUT2D eigenvalue weighted by molar-refractivity contribution is -0.129. The largest absolute Gasteiger partial charge is 0.341 e. The molecule has 3 aromatic rings. The summed E-state index contributed by atoms with van der Waals surface area (Å²) in [5.41, 5.74) is 2.64. The molecule has 0 radical (unpaired) electrons. The van der Waals surface area contributed by atoms with Crippen molar-refractivity contribution in [3.05, 3.63) is 82.1 Å². The van der Waals surface area contributed by atoms with E-state index in [1.807, 2.05) is 48.7 Å². The fourth-order valence-electron chi connectivity index (χ4n) is 2.50. The molecule has 0 aliphatic carbocycles. The van der Waals surface area contributed by atoms with E-state index in [4.69, 9.17) is 23.2 Å². The van der Waals surface area contributed by atoms with Crippen molar-refractivity contribution in [1.29, 1.82) is 0 Å². The molecule has 2 aromatic carbocycles. The molecule has 6 heteroatoms. The van der Waals surface area contributed by atoms with E-state index < -0.39 is 0 Å². The van der Waals surface area contributed by atoms with Crippen LogP contribution in [0.2, 0.25) is 10.0 Å². The molecule has 0 saturated heterocycles. The first-order valence-corrected chi connectivity index (χ1v) is 8.56. The first kappa shape index (κ1) is 17.5. The number of aromatic nitrogens is 2. The monoisotopic (exact) mass is 373 g/mol. The van der Waals surface area contributed by atoms with Gasteiger partial charge in [0, 0.05) is 19.8 Å². The number of likely N-dealkylation sites (N-methyl/N-ethyl adjacent to an activating group) is 1. The Kier molecular flexibility index (Phi) is 5.41. The smallest absolute Gasteiger partial charge is 0.227 e. The molecule has 0 unspecified atom stereocenters. The molecular weight excluding hydrogens is 357 g/mol. The van der Waals surface area contributed by atoms with E-state index in [2.05, 4.69) is 5.10 Å². The van der Waals surface area contributed by atoms with Crippen LogP contribution in [0.1, 0.15) is 11.1 Å². The van der Waals surface area contributed by atoms with Gasteiger partial charge in [0.2, 0.25) is 5.91 Å². The highest BCUT2D eigenvalue weighted by molar-refractivity contribution is 6.42. The Bertz CT molecular complexity index is 877. The Hall–Kier alpha value is -2.30. The molecule has 0 atom stereocenters. The third kappa shape index (κ3) is 4.21. The topological polar surface area (TPSA) is 38.1 Å². The number of carbonyl (C=O) groups excluding carboxylic acids is 1. The Morgan fingerprint density at radius 1 is 1.12 bits per heavy atom. The van der Waals surface area contributed by atoms with Gasteiger partial charge < -0.3 is 4.90 Å². The van der Waals surface area contributed by atoms with Crippen LogP contribution in [0, 0.1) is 0 Å². The number of nitrogens with zero attached hydrogens (tertiary/aromatic N) is 3. The molecule has 0 aliphatic rings. The van der Waals surface area contributed by atoms with Crippen molar-refractivity contribution in [3.8, 4) is 5.69 Å². The first-order chi connectivity index (χ1) is 12.0. The van der Waals surface area contributed by atoms with E-state index in [9.17, 15) is 4.79 Å². The Morgan fingerprint density at radius 2 is 1.88 bits per heavy atom. The van der Waals surface area contributed by atoms with Crippen molar-refractivity contribution < 1.29 is 4.79 Å². The van der Waals surface area contributed by atoms with Crippen LogP contribution in [-0.4, -0.2) is 27.6 Å². The van der Waals surface area contributed by atoms with Gasteiger partial charge in [0.15, 0.2) is 0 Å². The quantitative estimate of drug-likeness (QED) is 0.665. The van der Waals surface area contributed by atoms with E-state index in [0.717, 1.165) is 16.8 Å². The van der Waals surface area contributed by atoms with Gasteiger partial charge in [-0.1, -0.05) is 53.5 Å². The van der Waals surface area contributed by atoms with Crippen molar-refractivity contribution in [2.45, 2.75) is 13.0 Å². The predicted octanol–water partition coefficient (Wildman–Crippen LogP) is 4.38. The molecule has 0 fully saturated rings. The van der Waals surface area contributed by atoms with Gasteiger partial charge in [-0.3, -0.25) is 4.79 Å². The zero-order chi connectivity index (χ0) is 17.8. The van der Waals surface area contributed by atoms with Gasteiger partial charge in [-0.15, -0.1) is 0 Å². The van der Waals surface area contributed by atoms with Gasteiger partial charge in [-0.25, -0.2) is 4.68 Å². The summed E-state index contributed by atoms with van der Waals surface area (Å²) in [4.78, 5) is 14.1. The molecule has 25 heavy (non-hydrogen) atoms. The molecule has 0 aliphatic heterocycles. The van der Waals surface area contributed by atoms with Crippen LogP contribution < -0.4 is 0 Å². The van der Waals surface area contributed by atoms with Crippen LogP contribution in [0.25, 0.3) is 5.69 Å². The summed E-state index contributed by atoms with van der Waals surface area (Å²) in [6.07, 6.45) is 3.86. The van der Waals surface area contributed by atoms with Crippen LogP contribution >= 0.6 is 23.2 Å². The van der Waals surface area contributed by atoms with Crippen LogP contribution in [0.4, 0.5) is 0 Å². The molecule has 4 nitrogen and oxygen atoms in total. The summed E-state index contributed by atoms with van der Waals surface area (Å²) < 4.78 is 1.76. The SMILES string of the molecule is CN(Cc1cccc(Cl)c1Cl)C(=O)Cc1cnn(-c2ccccc2)c1. The number of halogens is 2.